The van der Waals surface area contributed by atoms with Crippen LogP contribution in [0, 0.1) is 50.9 Å². The Bertz CT molecular complexity index is 2230. The van der Waals surface area contributed by atoms with Gasteiger partial charge in [-0.1, -0.05) is 89.5 Å². The number of hydrogen-bond acceptors (Lipinski definition) is 4. The largest absolute Gasteiger partial charge is 0.481 e. The number of aliphatic hydroxyl groups is 1. The topological polar surface area (TPSA) is 70.4 Å². The fourth-order valence-corrected chi connectivity index (χ4v) is 11.3. The molecule has 1 saturated carbocycles. The van der Waals surface area contributed by atoms with Crippen LogP contribution in [-0.4, -0.2) is 26.9 Å². The molecule has 4 aromatic rings. The summed E-state index contributed by atoms with van der Waals surface area (Å²) >= 11 is 7.90. The van der Waals surface area contributed by atoms with Crippen molar-refractivity contribution >= 4 is 51.9 Å². The number of fused-ring (bicyclic) bond motifs is 1. The van der Waals surface area contributed by atoms with Gasteiger partial charge in [0.1, 0.15) is 0 Å². The van der Waals surface area contributed by atoms with Crippen molar-refractivity contribution in [1.82, 2.24) is 4.98 Å². The number of nitrogens with zero attached hydrogens (tertiary/aromatic N) is 1. The summed E-state index contributed by atoms with van der Waals surface area (Å²) in [5, 5.41) is 23.6. The molecule has 2 N–H and O–H groups in total. The first-order chi connectivity index (χ1) is 25.7. The molecule has 290 valence electrons. The van der Waals surface area contributed by atoms with E-state index in [1.807, 2.05) is 72.7 Å². The van der Waals surface area contributed by atoms with Crippen LogP contribution in [0.1, 0.15) is 146 Å². The van der Waals surface area contributed by atoms with E-state index in [1.165, 1.54) is 11.8 Å². The second-order valence-corrected chi connectivity index (χ2v) is 19.3. The standard InChI is InChI=1S/C48H62ClNO3S/c1-15-46(13,53)38-19-17-16-18-36(38)31(5)25-47(14,54-27-48(26-41(51)52)44(9,10)45(48,11)12)37-21-20-28(2)42(34(37)8)29(3)22-35-23-30(4)43-33(7)32(6)39(49)24-40(43)50-35/h16-24,31,53H,15,25-27H2,1-14H3,(H,51,52)/b29-22+/t31?,46?,47-/m1/s1/i27D2. The molecule has 54 heavy (non-hydrogen) atoms. The zero-order chi connectivity index (χ0) is 42.1. The van der Waals surface area contributed by atoms with E-state index in [0.29, 0.717) is 17.9 Å². The molecule has 0 amide bonds. The van der Waals surface area contributed by atoms with Crippen molar-refractivity contribution in [2.75, 3.05) is 5.70 Å². The summed E-state index contributed by atoms with van der Waals surface area (Å²) in [5.74, 6) is -1.06. The van der Waals surface area contributed by atoms with E-state index in [4.69, 9.17) is 16.6 Å². The van der Waals surface area contributed by atoms with Crippen LogP contribution < -0.4 is 0 Å². The molecular formula is C48H62ClNO3S. The monoisotopic (exact) mass is 769 g/mol. The lowest BCUT2D eigenvalue weighted by atomic mass is 9.78. The Balaban J connectivity index is 1.70. The highest BCUT2D eigenvalue weighted by atomic mass is 35.5. The van der Waals surface area contributed by atoms with Crippen molar-refractivity contribution in [1.29, 1.82) is 0 Å². The number of aliphatic carboxylic acids is 1. The van der Waals surface area contributed by atoms with E-state index in [-0.39, 0.29) is 12.3 Å². The van der Waals surface area contributed by atoms with Gasteiger partial charge in [0, 0.05) is 29.0 Å². The molecule has 0 bridgehead atoms. The predicted octanol–water partition coefficient (Wildman–Crippen LogP) is 13.3. The van der Waals surface area contributed by atoms with Crippen LogP contribution in [-0.2, 0) is 15.1 Å². The molecule has 0 aliphatic heterocycles. The summed E-state index contributed by atoms with van der Waals surface area (Å²) in [6, 6.07) is 16.4. The molecule has 2 unspecified atom stereocenters. The van der Waals surface area contributed by atoms with Gasteiger partial charge < -0.3 is 10.2 Å². The normalized spacial score (nSPS) is 19.7. The minimum absolute atomic E-state index is 0.0716. The Labute approximate surface area is 337 Å². The second-order valence-electron chi connectivity index (χ2n) is 17.6. The van der Waals surface area contributed by atoms with E-state index in [0.717, 1.165) is 72.2 Å². The number of carboxylic acid groups (broad SMARTS) is 1. The van der Waals surface area contributed by atoms with Crippen LogP contribution in [0.25, 0.3) is 22.6 Å². The van der Waals surface area contributed by atoms with Gasteiger partial charge in [-0.15, -0.1) is 11.8 Å². The van der Waals surface area contributed by atoms with Crippen LogP contribution in [0.5, 0.6) is 0 Å². The first kappa shape index (κ1) is 39.1. The summed E-state index contributed by atoms with van der Waals surface area (Å²) in [4.78, 5) is 17.6. The molecular weight excluding hydrogens is 706 g/mol. The molecule has 1 aliphatic rings. The number of halogens is 1. The van der Waals surface area contributed by atoms with Gasteiger partial charge in [0.15, 0.2) is 0 Å². The van der Waals surface area contributed by atoms with Crippen LogP contribution in [0.2, 0.25) is 5.02 Å². The fraction of sp³-hybridized carbons (Fsp3) is 0.500. The van der Waals surface area contributed by atoms with Gasteiger partial charge in [-0.25, -0.2) is 4.98 Å². The molecule has 5 rings (SSSR count). The molecule has 1 heterocycles. The third kappa shape index (κ3) is 7.07. The molecule has 0 saturated heterocycles. The van der Waals surface area contributed by atoms with Gasteiger partial charge in [0.25, 0.3) is 0 Å². The Morgan fingerprint density at radius 3 is 2.19 bits per heavy atom. The third-order valence-electron chi connectivity index (χ3n) is 13.8. The first-order valence-electron chi connectivity index (χ1n) is 20.3. The Morgan fingerprint density at radius 2 is 1.59 bits per heavy atom. The fourth-order valence-electron chi connectivity index (χ4n) is 9.40. The molecule has 1 fully saturated rings. The lowest BCUT2D eigenvalue weighted by Gasteiger charge is -2.38. The van der Waals surface area contributed by atoms with E-state index in [9.17, 15) is 17.7 Å². The zero-order valence-corrected chi connectivity index (χ0v) is 36.5. The predicted molar refractivity (Wildman–Crippen MR) is 232 cm³/mol. The quantitative estimate of drug-likeness (QED) is 0.142. The van der Waals surface area contributed by atoms with Crippen LogP contribution in [0.4, 0.5) is 0 Å². The Kier molecular flexibility index (Phi) is 10.7. The van der Waals surface area contributed by atoms with Crippen LogP contribution in [0.3, 0.4) is 0 Å². The number of aromatic nitrogens is 1. The SMILES string of the molecule is [2H]C([2H])(S[C@](C)(CC(C)c1ccccc1C(C)(O)CC)c1ccc(C)c(/C(C)=C/c2cc(C)c3c(C)c(C)c(Cl)cc3n2)c1C)C1(CC(=O)O)C(C)(C)C1(C)C. The summed E-state index contributed by atoms with van der Waals surface area (Å²) < 4.78 is 19.1. The highest BCUT2D eigenvalue weighted by Crippen LogP contribution is 2.80. The summed E-state index contributed by atoms with van der Waals surface area (Å²) in [7, 11) is 0. The van der Waals surface area contributed by atoms with Crippen LogP contribution in [0.15, 0.2) is 48.5 Å². The van der Waals surface area contributed by atoms with Crippen molar-refractivity contribution in [3.05, 3.63) is 109 Å². The Morgan fingerprint density at radius 1 is 0.963 bits per heavy atom. The average Bonchev–Trinajstić information content (AvgIpc) is 3.44. The first-order valence-corrected chi connectivity index (χ1v) is 20.5. The number of carboxylic acids is 1. The van der Waals surface area contributed by atoms with E-state index in [1.54, 1.807) is 0 Å². The lowest BCUT2D eigenvalue weighted by Crippen LogP contribution is -2.28. The maximum Gasteiger partial charge on any atom is 0.303 e. The number of carbonyl (C=O) groups is 1. The van der Waals surface area contributed by atoms with Gasteiger partial charge in [-0.3, -0.25) is 4.79 Å². The maximum absolute atomic E-state index is 12.5. The van der Waals surface area contributed by atoms with Crippen molar-refractivity contribution in [3.63, 3.8) is 0 Å². The highest BCUT2D eigenvalue weighted by Gasteiger charge is 2.76. The van der Waals surface area contributed by atoms with Crippen molar-refractivity contribution in [2.45, 2.75) is 132 Å². The molecule has 0 radical (unpaired) electrons. The number of hydrogen-bond donors (Lipinski definition) is 2. The number of pyridine rings is 1. The Hall–Kier alpha value is -3.12. The number of benzene rings is 3. The number of allylic oxidation sites excluding steroid dienone is 1. The highest BCUT2D eigenvalue weighted by molar-refractivity contribution is 8.00. The van der Waals surface area contributed by atoms with Crippen molar-refractivity contribution in [3.8, 4) is 0 Å². The van der Waals surface area contributed by atoms with Gasteiger partial charge in [-0.05, 0) is 159 Å². The smallest absolute Gasteiger partial charge is 0.303 e. The summed E-state index contributed by atoms with van der Waals surface area (Å²) in [5.41, 5.74) is 7.06. The average molecular weight is 771 g/mol. The molecule has 1 aromatic heterocycles. The van der Waals surface area contributed by atoms with Crippen LogP contribution >= 0.6 is 23.4 Å². The van der Waals surface area contributed by atoms with E-state index in [2.05, 4.69) is 78.8 Å². The molecule has 1 aliphatic carbocycles. The number of rotatable bonds is 13. The van der Waals surface area contributed by atoms with Gasteiger partial charge in [0.05, 0.1) is 23.2 Å². The van der Waals surface area contributed by atoms with Gasteiger partial charge in [0.2, 0.25) is 0 Å². The number of aryl methyl sites for hydroxylation is 3. The molecule has 6 heteroatoms. The molecule has 0 spiro atoms. The maximum atomic E-state index is 12.5. The van der Waals surface area contributed by atoms with E-state index < -0.39 is 38.3 Å². The van der Waals surface area contributed by atoms with Crippen molar-refractivity contribution < 1.29 is 17.7 Å². The third-order valence-corrected chi connectivity index (χ3v) is 15.5. The van der Waals surface area contributed by atoms with E-state index >= 15 is 0 Å². The van der Waals surface area contributed by atoms with Gasteiger partial charge in [-0.2, -0.15) is 0 Å². The summed E-state index contributed by atoms with van der Waals surface area (Å²) in [6.07, 6.45) is 2.97. The lowest BCUT2D eigenvalue weighted by molar-refractivity contribution is -0.138. The van der Waals surface area contributed by atoms with Gasteiger partial charge >= 0.3 is 5.97 Å². The molecule has 3 aromatic carbocycles. The molecule has 4 nitrogen and oxygen atoms in total. The van der Waals surface area contributed by atoms with Crippen molar-refractivity contribution in [2.24, 2.45) is 16.2 Å². The molecule has 3 atom stereocenters. The summed E-state index contributed by atoms with van der Waals surface area (Å²) in [6.45, 7) is 28.8. The number of thioether (sulfide) groups is 1. The minimum atomic E-state index is -1.92. The minimum Gasteiger partial charge on any atom is -0.481 e. The second kappa shape index (κ2) is 14.8. The zero-order valence-electron chi connectivity index (χ0n) is 36.9.